The van der Waals surface area contributed by atoms with Gasteiger partial charge in [-0.05, 0) is 48.9 Å². The lowest BCUT2D eigenvalue weighted by Crippen LogP contribution is -2.04. The van der Waals surface area contributed by atoms with Crippen molar-refractivity contribution in [1.29, 1.82) is 0 Å². The quantitative estimate of drug-likeness (QED) is 0.901. The van der Waals surface area contributed by atoms with Crippen molar-refractivity contribution in [2.75, 3.05) is 0 Å². The predicted molar refractivity (Wildman–Crippen MR) is 75.5 cm³/mol. The van der Waals surface area contributed by atoms with Crippen LogP contribution in [0, 0.1) is 0 Å². The van der Waals surface area contributed by atoms with Crippen LogP contribution in [0.4, 0.5) is 0 Å². The smallest absolute Gasteiger partial charge is 0.132 e. The first-order valence-corrected chi connectivity index (χ1v) is 6.86. The van der Waals surface area contributed by atoms with Crippen LogP contribution in [0.25, 0.3) is 0 Å². The third kappa shape index (κ3) is 2.49. The molecule has 0 saturated carbocycles. The van der Waals surface area contributed by atoms with E-state index in [-0.39, 0.29) is 6.61 Å². The standard InChI is InChI=1S/C17H18O2/c18-12-14-7-2-4-10-16(14)19-17-11-5-8-13-6-1-3-9-15(13)17/h2,4-5,7-8,10-11,18H,1,3,6,9,12H2. The van der Waals surface area contributed by atoms with Crippen molar-refractivity contribution < 1.29 is 9.84 Å². The van der Waals surface area contributed by atoms with E-state index in [0.29, 0.717) is 0 Å². The number of hydrogen-bond donors (Lipinski definition) is 1. The summed E-state index contributed by atoms with van der Waals surface area (Å²) in [5.41, 5.74) is 3.57. The molecule has 0 radical (unpaired) electrons. The monoisotopic (exact) mass is 254 g/mol. The van der Waals surface area contributed by atoms with Crippen LogP contribution in [0.15, 0.2) is 42.5 Å². The molecule has 0 aliphatic heterocycles. The Morgan fingerprint density at radius 1 is 0.895 bits per heavy atom. The van der Waals surface area contributed by atoms with E-state index in [9.17, 15) is 5.11 Å². The third-order valence-electron chi connectivity index (χ3n) is 3.72. The molecule has 2 nitrogen and oxygen atoms in total. The van der Waals surface area contributed by atoms with E-state index < -0.39 is 0 Å². The highest BCUT2D eigenvalue weighted by Gasteiger charge is 2.14. The van der Waals surface area contributed by atoms with Gasteiger partial charge in [0.25, 0.3) is 0 Å². The van der Waals surface area contributed by atoms with Gasteiger partial charge in [0.1, 0.15) is 11.5 Å². The molecule has 98 valence electrons. The van der Waals surface area contributed by atoms with Gasteiger partial charge in [-0.25, -0.2) is 0 Å². The van der Waals surface area contributed by atoms with E-state index in [1.807, 2.05) is 30.3 Å². The summed E-state index contributed by atoms with van der Waals surface area (Å²) in [6, 6.07) is 13.9. The maximum Gasteiger partial charge on any atom is 0.132 e. The van der Waals surface area contributed by atoms with E-state index in [1.165, 1.54) is 24.0 Å². The summed E-state index contributed by atoms with van der Waals surface area (Å²) in [5, 5.41) is 9.35. The number of rotatable bonds is 3. The van der Waals surface area contributed by atoms with E-state index in [2.05, 4.69) is 12.1 Å². The van der Waals surface area contributed by atoms with E-state index >= 15 is 0 Å². The Labute approximate surface area is 113 Å². The average molecular weight is 254 g/mol. The summed E-state index contributed by atoms with van der Waals surface area (Å²) in [6.45, 7) is 0.00516. The molecule has 1 N–H and O–H groups in total. The highest BCUT2D eigenvalue weighted by atomic mass is 16.5. The summed E-state index contributed by atoms with van der Waals surface area (Å²) in [7, 11) is 0. The lowest BCUT2D eigenvalue weighted by atomic mass is 9.91. The van der Waals surface area contributed by atoms with Gasteiger partial charge in [0.15, 0.2) is 0 Å². The van der Waals surface area contributed by atoms with Crippen LogP contribution in [0.1, 0.15) is 29.5 Å². The van der Waals surface area contributed by atoms with Gasteiger partial charge in [-0.3, -0.25) is 0 Å². The second kappa shape index (κ2) is 5.45. The molecule has 1 aliphatic rings. The number of ether oxygens (including phenoxy) is 1. The van der Waals surface area contributed by atoms with Crippen LogP contribution in [-0.2, 0) is 19.4 Å². The highest BCUT2D eigenvalue weighted by Crippen LogP contribution is 2.33. The minimum absolute atomic E-state index is 0.00516. The van der Waals surface area contributed by atoms with Crippen LogP contribution >= 0.6 is 0 Å². The van der Waals surface area contributed by atoms with E-state index in [0.717, 1.165) is 29.9 Å². The molecule has 3 rings (SSSR count). The van der Waals surface area contributed by atoms with Gasteiger partial charge >= 0.3 is 0 Å². The van der Waals surface area contributed by atoms with E-state index in [1.54, 1.807) is 0 Å². The van der Waals surface area contributed by atoms with Gasteiger partial charge in [0.2, 0.25) is 0 Å². The van der Waals surface area contributed by atoms with Crippen molar-refractivity contribution in [3.8, 4) is 11.5 Å². The van der Waals surface area contributed by atoms with Crippen LogP contribution in [0.3, 0.4) is 0 Å². The summed E-state index contributed by atoms with van der Waals surface area (Å²) >= 11 is 0. The first-order valence-electron chi connectivity index (χ1n) is 6.86. The molecule has 0 unspecified atom stereocenters. The van der Waals surface area contributed by atoms with E-state index in [4.69, 9.17) is 4.74 Å². The first kappa shape index (κ1) is 12.2. The van der Waals surface area contributed by atoms with Crippen molar-refractivity contribution in [3.63, 3.8) is 0 Å². The maximum atomic E-state index is 9.35. The molecule has 0 fully saturated rings. The molecule has 2 aromatic rings. The summed E-state index contributed by atoms with van der Waals surface area (Å²) in [5.74, 6) is 1.70. The number of aliphatic hydroxyl groups is 1. The number of aliphatic hydroxyl groups excluding tert-OH is 1. The zero-order valence-corrected chi connectivity index (χ0v) is 10.9. The van der Waals surface area contributed by atoms with Gasteiger partial charge in [0.05, 0.1) is 6.61 Å². The second-order valence-corrected chi connectivity index (χ2v) is 4.97. The summed E-state index contributed by atoms with van der Waals surface area (Å²) in [6.07, 6.45) is 4.74. The molecule has 2 aromatic carbocycles. The Morgan fingerprint density at radius 2 is 1.68 bits per heavy atom. The Bertz CT molecular complexity index is 575. The third-order valence-corrected chi connectivity index (χ3v) is 3.72. The maximum absolute atomic E-state index is 9.35. The Hall–Kier alpha value is -1.80. The largest absolute Gasteiger partial charge is 0.457 e. The van der Waals surface area contributed by atoms with Crippen molar-refractivity contribution in [2.45, 2.75) is 32.3 Å². The molecule has 2 heteroatoms. The molecule has 1 aliphatic carbocycles. The van der Waals surface area contributed by atoms with Crippen molar-refractivity contribution in [2.24, 2.45) is 0 Å². The molecule has 0 aromatic heterocycles. The number of para-hydroxylation sites is 1. The molecule has 0 saturated heterocycles. The first-order chi connectivity index (χ1) is 9.38. The number of benzene rings is 2. The second-order valence-electron chi connectivity index (χ2n) is 4.97. The fraction of sp³-hybridized carbons (Fsp3) is 0.294. The zero-order chi connectivity index (χ0) is 13.1. The molecule has 0 atom stereocenters. The molecule has 0 spiro atoms. The fourth-order valence-corrected chi connectivity index (χ4v) is 2.69. The average Bonchev–Trinajstić information content (AvgIpc) is 2.48. The zero-order valence-electron chi connectivity index (χ0n) is 10.9. The summed E-state index contributed by atoms with van der Waals surface area (Å²) in [4.78, 5) is 0. The van der Waals surface area contributed by atoms with Gasteiger partial charge in [-0.15, -0.1) is 0 Å². The molecule has 0 bridgehead atoms. The van der Waals surface area contributed by atoms with Crippen molar-refractivity contribution in [3.05, 3.63) is 59.2 Å². The van der Waals surface area contributed by atoms with Crippen molar-refractivity contribution in [1.82, 2.24) is 0 Å². The highest BCUT2D eigenvalue weighted by molar-refractivity contribution is 5.45. The topological polar surface area (TPSA) is 29.5 Å². The van der Waals surface area contributed by atoms with Gasteiger partial charge < -0.3 is 9.84 Å². The SMILES string of the molecule is OCc1ccccc1Oc1cccc2c1CCCC2. The van der Waals surface area contributed by atoms with Crippen LogP contribution < -0.4 is 4.74 Å². The number of hydrogen-bond acceptors (Lipinski definition) is 2. The Balaban J connectivity index is 1.95. The lowest BCUT2D eigenvalue weighted by Gasteiger charge is -2.20. The molecule has 0 heterocycles. The molecule has 0 amide bonds. The lowest BCUT2D eigenvalue weighted by molar-refractivity contribution is 0.276. The predicted octanol–water partition coefficient (Wildman–Crippen LogP) is 3.85. The number of aryl methyl sites for hydroxylation is 1. The van der Waals surface area contributed by atoms with Crippen molar-refractivity contribution >= 4 is 0 Å². The number of fused-ring (bicyclic) bond motifs is 1. The Kier molecular flexibility index (Phi) is 3.51. The Morgan fingerprint density at radius 3 is 2.58 bits per heavy atom. The summed E-state index contributed by atoms with van der Waals surface area (Å²) < 4.78 is 6.04. The molecular formula is C17H18O2. The van der Waals surface area contributed by atoms with Crippen LogP contribution in [-0.4, -0.2) is 5.11 Å². The minimum Gasteiger partial charge on any atom is -0.457 e. The molecule has 19 heavy (non-hydrogen) atoms. The van der Waals surface area contributed by atoms with Crippen LogP contribution in [0.2, 0.25) is 0 Å². The molecular weight excluding hydrogens is 236 g/mol. The minimum atomic E-state index is 0.00516. The van der Waals surface area contributed by atoms with Gasteiger partial charge in [-0.2, -0.15) is 0 Å². The fourth-order valence-electron chi connectivity index (χ4n) is 2.69. The van der Waals surface area contributed by atoms with Crippen LogP contribution in [0.5, 0.6) is 11.5 Å². The van der Waals surface area contributed by atoms with Gasteiger partial charge in [0, 0.05) is 5.56 Å². The van der Waals surface area contributed by atoms with Gasteiger partial charge in [-0.1, -0.05) is 30.3 Å². The normalized spacial score (nSPS) is 13.9.